The van der Waals surface area contributed by atoms with Gasteiger partial charge in [-0.25, -0.2) is 17.9 Å². The van der Waals surface area contributed by atoms with Crippen LogP contribution in [0.1, 0.15) is 19.3 Å². The molecule has 0 aliphatic heterocycles. The Labute approximate surface area is 111 Å². The molecule has 1 aliphatic rings. The first kappa shape index (κ1) is 14.2. The zero-order valence-corrected chi connectivity index (χ0v) is 11.2. The number of benzene rings is 1. The number of primary sulfonamides is 1. The van der Waals surface area contributed by atoms with Crippen molar-refractivity contribution in [2.24, 2.45) is 5.14 Å². The first-order valence-corrected chi connectivity index (χ1v) is 7.68. The minimum atomic E-state index is -3.90. The molecule has 0 saturated heterocycles. The fourth-order valence-corrected chi connectivity index (χ4v) is 2.73. The average molecular weight is 288 g/mol. The largest absolute Gasteiger partial charge is 0.395 e. The summed E-state index contributed by atoms with van der Waals surface area (Å²) in [6.07, 6.45) is 3.00. The summed E-state index contributed by atoms with van der Waals surface area (Å²) in [5, 5.41) is 14.0. The van der Waals surface area contributed by atoms with Gasteiger partial charge in [-0.2, -0.15) is 0 Å². The van der Waals surface area contributed by atoms with E-state index in [1.54, 1.807) is 4.90 Å². The zero-order chi connectivity index (χ0) is 14.0. The molecule has 0 bridgehead atoms. The predicted octanol–water partition coefficient (Wildman–Crippen LogP) is 0.824. The molecule has 0 radical (unpaired) electrons. The molecule has 1 aromatic carbocycles. The first-order valence-electron chi connectivity index (χ1n) is 6.13. The summed E-state index contributed by atoms with van der Waals surface area (Å²) in [5.41, 5.74) is 0.311. The Hall–Kier alpha value is -1.18. The number of nitrogens with two attached hydrogens (primary N) is 1. The summed E-state index contributed by atoms with van der Waals surface area (Å²) in [6.45, 7) is 0.253. The molecule has 106 valence electrons. The van der Waals surface area contributed by atoms with Gasteiger partial charge in [0.1, 0.15) is 5.82 Å². The van der Waals surface area contributed by atoms with Crippen LogP contribution < -0.4 is 10.0 Å². The van der Waals surface area contributed by atoms with E-state index in [0.29, 0.717) is 12.2 Å². The van der Waals surface area contributed by atoms with Crippen molar-refractivity contribution in [2.75, 3.05) is 18.1 Å². The maximum Gasteiger partial charge on any atom is 0.238 e. The highest BCUT2D eigenvalue weighted by Crippen LogP contribution is 2.31. The van der Waals surface area contributed by atoms with Gasteiger partial charge in [-0.05, 0) is 37.5 Å². The lowest BCUT2D eigenvalue weighted by molar-refractivity contribution is 0.282. The topological polar surface area (TPSA) is 83.6 Å². The summed E-state index contributed by atoms with van der Waals surface area (Å²) in [5.74, 6) is -0.633. The number of hydrogen-bond donors (Lipinski definition) is 2. The van der Waals surface area contributed by atoms with Crippen LogP contribution in [0.4, 0.5) is 10.1 Å². The third-order valence-corrected chi connectivity index (χ3v) is 4.32. The number of hydrogen-bond acceptors (Lipinski definition) is 4. The average Bonchev–Trinajstić information content (AvgIpc) is 2.24. The summed E-state index contributed by atoms with van der Waals surface area (Å²) in [6, 6.07) is 3.83. The third-order valence-electron chi connectivity index (χ3n) is 3.41. The van der Waals surface area contributed by atoms with Crippen molar-refractivity contribution in [1.29, 1.82) is 0 Å². The molecule has 5 nitrogen and oxygen atoms in total. The Morgan fingerprint density at radius 3 is 2.53 bits per heavy atom. The standard InChI is InChI=1S/C12H17FN2O3S/c13-11-8-10(19(14,17)18)4-5-12(11)15(6-7-16)9-2-1-3-9/h4-5,8-9,16H,1-3,6-7H2,(H2,14,17,18). The van der Waals surface area contributed by atoms with Gasteiger partial charge in [-0.1, -0.05) is 0 Å². The van der Waals surface area contributed by atoms with Gasteiger partial charge in [0.25, 0.3) is 0 Å². The summed E-state index contributed by atoms with van der Waals surface area (Å²) < 4.78 is 36.3. The molecule has 1 aliphatic carbocycles. The van der Waals surface area contributed by atoms with E-state index in [-0.39, 0.29) is 17.5 Å². The third kappa shape index (κ3) is 3.05. The van der Waals surface area contributed by atoms with E-state index in [1.165, 1.54) is 12.1 Å². The molecule has 19 heavy (non-hydrogen) atoms. The molecule has 1 fully saturated rings. The van der Waals surface area contributed by atoms with Crippen molar-refractivity contribution in [3.05, 3.63) is 24.0 Å². The predicted molar refractivity (Wildman–Crippen MR) is 69.8 cm³/mol. The molecule has 0 heterocycles. The number of rotatable bonds is 5. The number of aliphatic hydroxyl groups is 1. The molecule has 1 saturated carbocycles. The number of anilines is 1. The van der Waals surface area contributed by atoms with Crippen molar-refractivity contribution in [3.8, 4) is 0 Å². The molecule has 0 aromatic heterocycles. The lowest BCUT2D eigenvalue weighted by Crippen LogP contribution is -2.42. The number of nitrogens with zero attached hydrogens (tertiary/aromatic N) is 1. The van der Waals surface area contributed by atoms with Crippen LogP contribution in [0, 0.1) is 5.82 Å². The van der Waals surface area contributed by atoms with Crippen LogP contribution in [-0.4, -0.2) is 32.7 Å². The number of halogens is 1. The van der Waals surface area contributed by atoms with E-state index in [1.807, 2.05) is 0 Å². The van der Waals surface area contributed by atoms with E-state index in [9.17, 15) is 12.8 Å². The van der Waals surface area contributed by atoms with Crippen molar-refractivity contribution in [2.45, 2.75) is 30.2 Å². The minimum Gasteiger partial charge on any atom is -0.395 e. The van der Waals surface area contributed by atoms with Crippen molar-refractivity contribution in [3.63, 3.8) is 0 Å². The van der Waals surface area contributed by atoms with E-state index in [2.05, 4.69) is 0 Å². The molecule has 2 rings (SSSR count). The maximum absolute atomic E-state index is 14.0. The normalized spacial score (nSPS) is 16.2. The number of aliphatic hydroxyl groups excluding tert-OH is 1. The highest BCUT2D eigenvalue weighted by atomic mass is 32.2. The van der Waals surface area contributed by atoms with Gasteiger partial charge in [0.2, 0.25) is 10.0 Å². The van der Waals surface area contributed by atoms with Crippen LogP contribution in [0.25, 0.3) is 0 Å². The molecule has 1 aromatic rings. The molecule has 7 heteroatoms. The lowest BCUT2D eigenvalue weighted by Gasteiger charge is -2.39. The van der Waals surface area contributed by atoms with Crippen molar-refractivity contribution < 1.29 is 17.9 Å². The van der Waals surface area contributed by atoms with E-state index >= 15 is 0 Å². The lowest BCUT2D eigenvalue weighted by atomic mass is 9.91. The molecule has 0 unspecified atom stereocenters. The van der Waals surface area contributed by atoms with Gasteiger partial charge in [-0.15, -0.1) is 0 Å². The Morgan fingerprint density at radius 2 is 2.11 bits per heavy atom. The van der Waals surface area contributed by atoms with E-state index in [0.717, 1.165) is 25.3 Å². The maximum atomic E-state index is 14.0. The van der Waals surface area contributed by atoms with Crippen LogP contribution in [0.2, 0.25) is 0 Å². The van der Waals surface area contributed by atoms with Gasteiger partial charge >= 0.3 is 0 Å². The summed E-state index contributed by atoms with van der Waals surface area (Å²) in [4.78, 5) is 1.54. The fraction of sp³-hybridized carbons (Fsp3) is 0.500. The Balaban J connectivity index is 2.32. The van der Waals surface area contributed by atoms with Crippen LogP contribution >= 0.6 is 0 Å². The van der Waals surface area contributed by atoms with Gasteiger partial charge < -0.3 is 10.0 Å². The fourth-order valence-electron chi connectivity index (χ4n) is 2.20. The first-order chi connectivity index (χ1) is 8.93. The summed E-state index contributed by atoms with van der Waals surface area (Å²) >= 11 is 0. The Kier molecular flexibility index (Phi) is 4.07. The highest BCUT2D eigenvalue weighted by Gasteiger charge is 2.27. The molecule has 0 amide bonds. The molecular formula is C12H17FN2O3S. The van der Waals surface area contributed by atoms with Gasteiger partial charge in [0.05, 0.1) is 17.2 Å². The van der Waals surface area contributed by atoms with Crippen LogP contribution in [-0.2, 0) is 10.0 Å². The SMILES string of the molecule is NS(=O)(=O)c1ccc(N(CCO)C2CCC2)c(F)c1. The number of sulfonamides is 1. The van der Waals surface area contributed by atoms with Crippen LogP contribution in [0.3, 0.4) is 0 Å². The van der Waals surface area contributed by atoms with Gasteiger partial charge in [0.15, 0.2) is 0 Å². The zero-order valence-electron chi connectivity index (χ0n) is 10.4. The van der Waals surface area contributed by atoms with Gasteiger partial charge in [0, 0.05) is 12.6 Å². The van der Waals surface area contributed by atoms with Crippen molar-refractivity contribution in [1.82, 2.24) is 0 Å². The van der Waals surface area contributed by atoms with Gasteiger partial charge in [-0.3, -0.25) is 0 Å². The smallest absolute Gasteiger partial charge is 0.238 e. The quantitative estimate of drug-likeness (QED) is 0.840. The second kappa shape index (κ2) is 5.44. The van der Waals surface area contributed by atoms with Crippen molar-refractivity contribution >= 4 is 15.7 Å². The molecule has 0 atom stereocenters. The minimum absolute atomic E-state index is 0.0765. The second-order valence-electron chi connectivity index (χ2n) is 4.66. The van der Waals surface area contributed by atoms with Crippen LogP contribution in [0.15, 0.2) is 23.1 Å². The van der Waals surface area contributed by atoms with E-state index < -0.39 is 15.8 Å². The highest BCUT2D eigenvalue weighted by molar-refractivity contribution is 7.89. The molecular weight excluding hydrogens is 271 g/mol. The second-order valence-corrected chi connectivity index (χ2v) is 6.22. The molecule has 0 spiro atoms. The summed E-state index contributed by atoms with van der Waals surface area (Å²) in [7, 11) is -3.90. The Bertz CT molecular complexity index is 558. The van der Waals surface area contributed by atoms with Crippen LogP contribution in [0.5, 0.6) is 0 Å². The molecule has 3 N–H and O–H groups in total. The van der Waals surface area contributed by atoms with E-state index in [4.69, 9.17) is 10.2 Å². The monoisotopic (exact) mass is 288 g/mol. The Morgan fingerprint density at radius 1 is 1.42 bits per heavy atom.